The normalized spacial score (nSPS) is 9.47. The maximum absolute atomic E-state index is 11.0. The Morgan fingerprint density at radius 1 is 1.18 bits per heavy atom. The van der Waals surface area contributed by atoms with Crippen molar-refractivity contribution >= 4 is 5.97 Å². The molecule has 1 aromatic rings. The van der Waals surface area contributed by atoms with E-state index in [-0.39, 0.29) is 12.4 Å². The van der Waals surface area contributed by atoms with Crippen molar-refractivity contribution in [2.24, 2.45) is 0 Å². The molecule has 0 heterocycles. The minimum Gasteiger partial charge on any atom is -0.468 e. The van der Waals surface area contributed by atoms with Gasteiger partial charge in [-0.05, 0) is 49.9 Å². The Kier molecular flexibility index (Phi) is 4.34. The molecular weight excluding hydrogens is 212 g/mol. The SMILES string of the molecule is COC(=O)CC#Cc1c(C)c(C)cc(C)c1C. The smallest absolute Gasteiger partial charge is 0.317 e. The molecule has 0 N–H and O–H groups in total. The van der Waals surface area contributed by atoms with Crippen LogP contribution in [0.15, 0.2) is 6.07 Å². The monoisotopic (exact) mass is 230 g/mol. The number of rotatable bonds is 1. The highest BCUT2D eigenvalue weighted by Gasteiger charge is 2.05. The third-order valence-electron chi connectivity index (χ3n) is 3.04. The summed E-state index contributed by atoms with van der Waals surface area (Å²) in [6, 6.07) is 2.16. The van der Waals surface area contributed by atoms with Crippen LogP contribution in [0, 0.1) is 39.5 Å². The van der Waals surface area contributed by atoms with E-state index in [1.807, 2.05) is 0 Å². The lowest BCUT2D eigenvalue weighted by Crippen LogP contribution is -1.98. The Balaban J connectivity index is 3.10. The number of carbonyl (C=O) groups is 1. The summed E-state index contributed by atoms with van der Waals surface area (Å²) in [5.74, 6) is 5.65. The zero-order valence-corrected chi connectivity index (χ0v) is 11.1. The summed E-state index contributed by atoms with van der Waals surface area (Å²) in [6.07, 6.45) is 0.141. The fourth-order valence-corrected chi connectivity index (χ4v) is 1.68. The van der Waals surface area contributed by atoms with Crippen LogP contribution in [0.3, 0.4) is 0 Å². The topological polar surface area (TPSA) is 26.3 Å². The van der Waals surface area contributed by atoms with Gasteiger partial charge in [0.1, 0.15) is 6.42 Å². The van der Waals surface area contributed by atoms with Gasteiger partial charge in [0, 0.05) is 5.56 Å². The Morgan fingerprint density at radius 2 is 1.71 bits per heavy atom. The number of ether oxygens (including phenoxy) is 1. The first-order valence-electron chi connectivity index (χ1n) is 5.60. The molecule has 17 heavy (non-hydrogen) atoms. The highest BCUT2D eigenvalue weighted by Crippen LogP contribution is 2.20. The molecule has 0 aliphatic rings. The van der Waals surface area contributed by atoms with Crippen molar-refractivity contribution in [3.05, 3.63) is 33.9 Å². The Morgan fingerprint density at radius 3 is 2.18 bits per heavy atom. The van der Waals surface area contributed by atoms with E-state index in [1.165, 1.54) is 29.4 Å². The fourth-order valence-electron chi connectivity index (χ4n) is 1.68. The molecule has 0 fully saturated rings. The van der Waals surface area contributed by atoms with Gasteiger partial charge >= 0.3 is 5.97 Å². The highest BCUT2D eigenvalue weighted by molar-refractivity contribution is 5.72. The number of hydrogen-bond acceptors (Lipinski definition) is 2. The molecule has 0 aliphatic carbocycles. The summed E-state index contributed by atoms with van der Waals surface area (Å²) >= 11 is 0. The van der Waals surface area contributed by atoms with Gasteiger partial charge in [-0.3, -0.25) is 4.79 Å². The Hall–Kier alpha value is -1.75. The van der Waals surface area contributed by atoms with Crippen molar-refractivity contribution < 1.29 is 9.53 Å². The van der Waals surface area contributed by atoms with Crippen molar-refractivity contribution in [2.75, 3.05) is 7.11 Å². The van der Waals surface area contributed by atoms with Gasteiger partial charge in [-0.2, -0.15) is 0 Å². The number of methoxy groups -OCH3 is 1. The average molecular weight is 230 g/mol. The molecule has 90 valence electrons. The minimum atomic E-state index is -0.294. The molecule has 1 aromatic carbocycles. The lowest BCUT2D eigenvalue weighted by Gasteiger charge is -2.10. The number of carbonyl (C=O) groups excluding carboxylic acids is 1. The first-order chi connectivity index (χ1) is 7.97. The van der Waals surface area contributed by atoms with E-state index >= 15 is 0 Å². The van der Waals surface area contributed by atoms with E-state index in [1.54, 1.807) is 0 Å². The number of esters is 1. The number of benzene rings is 1. The van der Waals surface area contributed by atoms with Crippen LogP contribution in [0.25, 0.3) is 0 Å². The van der Waals surface area contributed by atoms with Gasteiger partial charge in [0.15, 0.2) is 0 Å². The van der Waals surface area contributed by atoms with Crippen LogP contribution in [0.2, 0.25) is 0 Å². The molecule has 0 saturated heterocycles. The molecule has 0 saturated carbocycles. The molecule has 0 aliphatic heterocycles. The lowest BCUT2D eigenvalue weighted by atomic mass is 9.94. The maximum Gasteiger partial charge on any atom is 0.317 e. The van der Waals surface area contributed by atoms with Crippen LogP contribution in [0.5, 0.6) is 0 Å². The zero-order valence-electron chi connectivity index (χ0n) is 11.1. The molecule has 2 nitrogen and oxygen atoms in total. The van der Waals surface area contributed by atoms with Crippen LogP contribution in [-0.4, -0.2) is 13.1 Å². The van der Waals surface area contributed by atoms with Crippen molar-refractivity contribution in [3.8, 4) is 11.8 Å². The quantitative estimate of drug-likeness (QED) is 0.548. The van der Waals surface area contributed by atoms with E-state index < -0.39 is 0 Å². The summed E-state index contributed by atoms with van der Waals surface area (Å²) in [6.45, 7) is 8.27. The zero-order chi connectivity index (χ0) is 13.0. The predicted molar refractivity (Wildman–Crippen MR) is 68.9 cm³/mol. The van der Waals surface area contributed by atoms with Crippen LogP contribution < -0.4 is 0 Å². The van der Waals surface area contributed by atoms with Crippen molar-refractivity contribution in [3.63, 3.8) is 0 Å². The van der Waals surface area contributed by atoms with Crippen molar-refractivity contribution in [1.29, 1.82) is 0 Å². The number of hydrogen-bond donors (Lipinski definition) is 0. The molecule has 1 rings (SSSR count). The standard InChI is InChI=1S/C15H18O2/c1-10-9-11(2)13(4)14(12(10)3)7-6-8-15(16)17-5/h9H,8H2,1-5H3. The first-order valence-corrected chi connectivity index (χ1v) is 5.60. The summed E-state index contributed by atoms with van der Waals surface area (Å²) < 4.78 is 4.55. The van der Waals surface area contributed by atoms with Gasteiger partial charge in [0.2, 0.25) is 0 Å². The molecule has 0 bridgehead atoms. The fraction of sp³-hybridized carbons (Fsp3) is 0.400. The predicted octanol–water partition coefficient (Wildman–Crippen LogP) is 2.83. The number of aryl methyl sites for hydroxylation is 2. The Bertz CT molecular complexity index is 476. The summed E-state index contributed by atoms with van der Waals surface area (Å²) in [5, 5.41) is 0. The van der Waals surface area contributed by atoms with Gasteiger partial charge in [-0.1, -0.05) is 17.9 Å². The Labute approximate surface area is 103 Å². The molecule has 0 aromatic heterocycles. The third kappa shape index (κ3) is 3.10. The summed E-state index contributed by atoms with van der Waals surface area (Å²) in [4.78, 5) is 11.0. The minimum absolute atomic E-state index is 0.141. The van der Waals surface area contributed by atoms with E-state index in [0.717, 1.165) is 5.56 Å². The molecule has 0 unspecified atom stereocenters. The molecule has 0 amide bonds. The van der Waals surface area contributed by atoms with Crippen LogP contribution in [-0.2, 0) is 9.53 Å². The second kappa shape index (κ2) is 5.54. The molecule has 0 atom stereocenters. The van der Waals surface area contributed by atoms with Gasteiger partial charge in [-0.15, -0.1) is 0 Å². The average Bonchev–Trinajstić information content (AvgIpc) is 2.30. The third-order valence-corrected chi connectivity index (χ3v) is 3.04. The second-order valence-corrected chi connectivity index (χ2v) is 4.19. The summed E-state index contributed by atoms with van der Waals surface area (Å²) in [7, 11) is 1.37. The van der Waals surface area contributed by atoms with Gasteiger partial charge < -0.3 is 4.74 Å². The molecule has 2 heteroatoms. The van der Waals surface area contributed by atoms with E-state index in [4.69, 9.17) is 0 Å². The maximum atomic E-state index is 11.0. The van der Waals surface area contributed by atoms with Crippen LogP contribution in [0.1, 0.15) is 34.2 Å². The molecular formula is C15H18O2. The first kappa shape index (κ1) is 13.3. The van der Waals surface area contributed by atoms with Gasteiger partial charge in [0.25, 0.3) is 0 Å². The van der Waals surface area contributed by atoms with Crippen LogP contribution in [0.4, 0.5) is 0 Å². The molecule has 0 radical (unpaired) electrons. The van der Waals surface area contributed by atoms with Gasteiger partial charge in [0.05, 0.1) is 7.11 Å². The van der Waals surface area contributed by atoms with Crippen LogP contribution >= 0.6 is 0 Å². The highest BCUT2D eigenvalue weighted by atomic mass is 16.5. The van der Waals surface area contributed by atoms with Gasteiger partial charge in [-0.25, -0.2) is 0 Å². The summed E-state index contributed by atoms with van der Waals surface area (Å²) in [5.41, 5.74) is 5.87. The molecule has 0 spiro atoms. The van der Waals surface area contributed by atoms with E-state index in [0.29, 0.717) is 0 Å². The lowest BCUT2D eigenvalue weighted by molar-refractivity contribution is -0.139. The van der Waals surface area contributed by atoms with E-state index in [2.05, 4.69) is 50.3 Å². The van der Waals surface area contributed by atoms with E-state index in [9.17, 15) is 4.79 Å². The largest absolute Gasteiger partial charge is 0.468 e. The van der Waals surface area contributed by atoms with Crippen molar-refractivity contribution in [2.45, 2.75) is 34.1 Å². The second-order valence-electron chi connectivity index (χ2n) is 4.19. The van der Waals surface area contributed by atoms with Crippen molar-refractivity contribution in [1.82, 2.24) is 0 Å².